The summed E-state index contributed by atoms with van der Waals surface area (Å²) in [6.45, 7) is 3.68. The summed E-state index contributed by atoms with van der Waals surface area (Å²) in [5, 5.41) is 6.04. The minimum absolute atomic E-state index is 0.766. The molecule has 0 amide bonds. The lowest BCUT2D eigenvalue weighted by Gasteiger charge is -2.07. The Hall–Kier alpha value is -2.06. The molecule has 2 heteroatoms. The maximum Gasteiger partial charge on any atom is 0.120 e. The van der Waals surface area contributed by atoms with Gasteiger partial charge in [0.05, 0.1) is 12.8 Å². The van der Waals surface area contributed by atoms with Gasteiger partial charge in [-0.1, -0.05) is 42.5 Å². The van der Waals surface area contributed by atoms with E-state index in [1.807, 2.05) is 6.07 Å². The number of hydrogen-bond acceptors (Lipinski definition) is 2. The van der Waals surface area contributed by atoms with Crippen molar-refractivity contribution in [1.29, 1.82) is 0 Å². The molecule has 0 saturated carbocycles. The first kappa shape index (κ1) is 12.0. The molecule has 0 atom stereocenters. The Morgan fingerprint density at radius 3 is 2.63 bits per heavy atom. The molecule has 0 bridgehead atoms. The molecule has 1 aromatic heterocycles. The van der Waals surface area contributed by atoms with Crippen LogP contribution >= 0.6 is 0 Å². The molecule has 0 spiro atoms. The van der Waals surface area contributed by atoms with Crippen molar-refractivity contribution in [2.75, 3.05) is 0 Å². The molecule has 1 N–H and O–H groups in total. The van der Waals surface area contributed by atoms with Gasteiger partial charge in [0.25, 0.3) is 0 Å². The topological polar surface area (TPSA) is 25.2 Å². The van der Waals surface area contributed by atoms with Gasteiger partial charge in [-0.2, -0.15) is 0 Å². The van der Waals surface area contributed by atoms with Crippen molar-refractivity contribution in [3.8, 4) is 0 Å². The van der Waals surface area contributed by atoms with E-state index in [0.717, 1.165) is 18.8 Å². The Balaban J connectivity index is 1.74. The molecular formula is C17H17NO. The molecule has 19 heavy (non-hydrogen) atoms. The van der Waals surface area contributed by atoms with Gasteiger partial charge in [0.1, 0.15) is 5.76 Å². The van der Waals surface area contributed by atoms with Crippen LogP contribution < -0.4 is 5.32 Å². The smallest absolute Gasteiger partial charge is 0.120 e. The summed E-state index contributed by atoms with van der Waals surface area (Å²) in [4.78, 5) is 0. The van der Waals surface area contributed by atoms with Crippen LogP contribution in [0.1, 0.15) is 16.9 Å². The molecular weight excluding hydrogens is 234 g/mol. The minimum Gasteiger partial charge on any atom is -0.468 e. The second-order valence-corrected chi connectivity index (χ2v) is 4.77. The Morgan fingerprint density at radius 1 is 0.947 bits per heavy atom. The summed E-state index contributed by atoms with van der Waals surface area (Å²) in [5.41, 5.74) is 2.52. The predicted octanol–water partition coefficient (Wildman–Crippen LogP) is 4.03. The predicted molar refractivity (Wildman–Crippen MR) is 77.9 cm³/mol. The number of fused-ring (bicyclic) bond motifs is 1. The molecule has 96 valence electrons. The SMILES string of the molecule is Cc1ccoc1CNCc1cccc2ccccc12. The monoisotopic (exact) mass is 251 g/mol. The van der Waals surface area contributed by atoms with E-state index >= 15 is 0 Å². The first-order valence-electron chi connectivity index (χ1n) is 6.55. The fourth-order valence-electron chi connectivity index (χ4n) is 2.34. The lowest BCUT2D eigenvalue weighted by Crippen LogP contribution is -2.13. The standard InChI is InChI=1S/C17H17NO/c1-13-9-10-19-17(13)12-18-11-15-7-4-6-14-5-2-3-8-16(14)15/h2-10,18H,11-12H2,1H3. The van der Waals surface area contributed by atoms with Gasteiger partial charge in [-0.05, 0) is 34.9 Å². The second-order valence-electron chi connectivity index (χ2n) is 4.77. The van der Waals surface area contributed by atoms with E-state index in [-0.39, 0.29) is 0 Å². The summed E-state index contributed by atoms with van der Waals surface area (Å²) >= 11 is 0. The molecule has 0 unspecified atom stereocenters. The van der Waals surface area contributed by atoms with Gasteiger partial charge in [-0.15, -0.1) is 0 Å². The summed E-state index contributed by atoms with van der Waals surface area (Å²) in [5.74, 6) is 1.01. The number of nitrogens with one attached hydrogen (secondary N) is 1. The van der Waals surface area contributed by atoms with E-state index in [0.29, 0.717) is 0 Å². The van der Waals surface area contributed by atoms with Gasteiger partial charge >= 0.3 is 0 Å². The van der Waals surface area contributed by atoms with Crippen molar-refractivity contribution < 1.29 is 4.42 Å². The van der Waals surface area contributed by atoms with Crippen molar-refractivity contribution >= 4 is 10.8 Å². The summed E-state index contributed by atoms with van der Waals surface area (Å²) in [7, 11) is 0. The molecule has 3 aromatic rings. The number of hydrogen-bond donors (Lipinski definition) is 1. The number of furan rings is 1. The molecule has 2 aromatic carbocycles. The molecule has 3 rings (SSSR count). The summed E-state index contributed by atoms with van der Waals surface area (Å²) < 4.78 is 5.43. The summed E-state index contributed by atoms with van der Waals surface area (Å²) in [6.07, 6.45) is 1.74. The van der Waals surface area contributed by atoms with Gasteiger partial charge in [0, 0.05) is 6.54 Å². The van der Waals surface area contributed by atoms with Crippen LogP contribution in [0, 0.1) is 6.92 Å². The average Bonchev–Trinajstić information content (AvgIpc) is 2.85. The number of rotatable bonds is 4. The third-order valence-corrected chi connectivity index (χ3v) is 3.45. The normalized spacial score (nSPS) is 11.0. The summed E-state index contributed by atoms with van der Waals surface area (Å²) in [6, 6.07) is 16.9. The third-order valence-electron chi connectivity index (χ3n) is 3.45. The van der Waals surface area contributed by atoms with E-state index in [1.165, 1.54) is 21.9 Å². The Morgan fingerprint density at radius 2 is 1.79 bits per heavy atom. The first-order valence-corrected chi connectivity index (χ1v) is 6.55. The maximum absolute atomic E-state index is 5.43. The molecule has 0 saturated heterocycles. The fraction of sp³-hybridized carbons (Fsp3) is 0.176. The van der Waals surface area contributed by atoms with E-state index < -0.39 is 0 Å². The fourth-order valence-corrected chi connectivity index (χ4v) is 2.34. The van der Waals surface area contributed by atoms with Gasteiger partial charge in [0.2, 0.25) is 0 Å². The molecule has 0 aliphatic carbocycles. The average molecular weight is 251 g/mol. The lowest BCUT2D eigenvalue weighted by molar-refractivity contribution is 0.480. The number of aryl methyl sites for hydroxylation is 1. The highest BCUT2D eigenvalue weighted by atomic mass is 16.3. The molecule has 0 aliphatic rings. The Kier molecular flexibility index (Phi) is 3.34. The van der Waals surface area contributed by atoms with Crippen LogP contribution in [0.15, 0.2) is 59.2 Å². The van der Waals surface area contributed by atoms with Crippen molar-refractivity contribution in [2.24, 2.45) is 0 Å². The van der Waals surface area contributed by atoms with Crippen molar-refractivity contribution in [1.82, 2.24) is 5.32 Å². The van der Waals surface area contributed by atoms with Crippen LogP contribution in [0.3, 0.4) is 0 Å². The molecule has 0 aliphatic heterocycles. The molecule has 0 radical (unpaired) electrons. The third kappa shape index (κ3) is 2.54. The molecule has 2 nitrogen and oxygen atoms in total. The zero-order valence-electron chi connectivity index (χ0n) is 11.0. The highest BCUT2D eigenvalue weighted by molar-refractivity contribution is 5.85. The largest absolute Gasteiger partial charge is 0.468 e. The molecule has 0 fully saturated rings. The lowest BCUT2D eigenvalue weighted by atomic mass is 10.0. The Bertz CT molecular complexity index is 679. The molecule has 1 heterocycles. The van der Waals surface area contributed by atoms with Gasteiger partial charge in [-0.25, -0.2) is 0 Å². The van der Waals surface area contributed by atoms with Crippen molar-refractivity contribution in [3.63, 3.8) is 0 Å². The zero-order chi connectivity index (χ0) is 13.1. The minimum atomic E-state index is 0.766. The van der Waals surface area contributed by atoms with Gasteiger partial charge in [0.15, 0.2) is 0 Å². The second kappa shape index (κ2) is 5.29. The van der Waals surface area contributed by atoms with Crippen LogP contribution in [0.5, 0.6) is 0 Å². The van der Waals surface area contributed by atoms with Crippen molar-refractivity contribution in [3.05, 3.63) is 71.7 Å². The van der Waals surface area contributed by atoms with Gasteiger partial charge < -0.3 is 9.73 Å². The highest BCUT2D eigenvalue weighted by Gasteiger charge is 2.03. The first-order chi connectivity index (χ1) is 9.34. The van der Waals surface area contributed by atoms with Crippen molar-refractivity contribution in [2.45, 2.75) is 20.0 Å². The highest BCUT2D eigenvalue weighted by Crippen LogP contribution is 2.18. The quantitative estimate of drug-likeness (QED) is 0.757. The van der Waals surface area contributed by atoms with E-state index in [2.05, 4.69) is 54.7 Å². The van der Waals surface area contributed by atoms with Crippen LogP contribution in [0.25, 0.3) is 10.8 Å². The van der Waals surface area contributed by atoms with Gasteiger partial charge in [-0.3, -0.25) is 0 Å². The van der Waals surface area contributed by atoms with Crippen LogP contribution in [-0.2, 0) is 13.1 Å². The van der Waals surface area contributed by atoms with Crippen LogP contribution in [0.4, 0.5) is 0 Å². The van der Waals surface area contributed by atoms with E-state index in [9.17, 15) is 0 Å². The number of benzene rings is 2. The van der Waals surface area contributed by atoms with E-state index in [1.54, 1.807) is 6.26 Å². The maximum atomic E-state index is 5.43. The Labute approximate surface area is 113 Å². The van der Waals surface area contributed by atoms with Crippen LogP contribution in [0.2, 0.25) is 0 Å². The zero-order valence-corrected chi connectivity index (χ0v) is 11.0. The van der Waals surface area contributed by atoms with E-state index in [4.69, 9.17) is 4.42 Å². The van der Waals surface area contributed by atoms with Crippen LogP contribution in [-0.4, -0.2) is 0 Å².